The second-order valence-corrected chi connectivity index (χ2v) is 4.24. The molecule has 0 radical (unpaired) electrons. The minimum atomic E-state index is 0.100. The number of hydrogen-bond acceptors (Lipinski definition) is 1. The van der Waals surface area contributed by atoms with Crippen molar-refractivity contribution in [2.45, 2.75) is 26.2 Å². The van der Waals surface area contributed by atoms with E-state index in [-0.39, 0.29) is 5.91 Å². The van der Waals surface area contributed by atoms with E-state index in [1.165, 1.54) is 0 Å². The number of amides is 1. The molecule has 0 saturated carbocycles. The van der Waals surface area contributed by atoms with E-state index >= 15 is 0 Å². The monoisotopic (exact) mass is 230 g/mol. The Kier molecular flexibility index (Phi) is 3.81. The summed E-state index contributed by atoms with van der Waals surface area (Å²) in [6.07, 6.45) is 4.52. The van der Waals surface area contributed by atoms with Crippen LogP contribution in [-0.4, -0.2) is 17.4 Å². The molecule has 90 valence electrons. The molecule has 0 saturated heterocycles. The molecular formula is C14H18N2O. The predicted octanol–water partition coefficient (Wildman–Crippen LogP) is 2.63. The summed E-state index contributed by atoms with van der Waals surface area (Å²) in [6.45, 7) is 2.89. The van der Waals surface area contributed by atoms with Gasteiger partial charge >= 0.3 is 0 Å². The summed E-state index contributed by atoms with van der Waals surface area (Å²) < 4.78 is 0. The molecule has 1 aromatic heterocycles. The molecule has 3 heteroatoms. The summed E-state index contributed by atoms with van der Waals surface area (Å²) in [6, 6.07) is 8.05. The topological polar surface area (TPSA) is 44.9 Å². The van der Waals surface area contributed by atoms with Gasteiger partial charge in [0.25, 0.3) is 0 Å². The number of nitrogens with one attached hydrogen (secondary N) is 2. The number of carbonyl (C=O) groups is 1. The lowest BCUT2D eigenvalue weighted by atomic mass is 10.1. The Hall–Kier alpha value is -1.77. The molecular weight excluding hydrogens is 212 g/mol. The zero-order chi connectivity index (χ0) is 12.1. The molecule has 2 aromatic rings. The van der Waals surface area contributed by atoms with E-state index in [9.17, 15) is 4.79 Å². The molecule has 2 N–H and O–H groups in total. The van der Waals surface area contributed by atoms with Gasteiger partial charge < -0.3 is 10.3 Å². The van der Waals surface area contributed by atoms with Crippen LogP contribution < -0.4 is 5.32 Å². The van der Waals surface area contributed by atoms with Gasteiger partial charge in [-0.05, 0) is 18.1 Å². The van der Waals surface area contributed by atoms with Crippen LogP contribution in [0.1, 0.15) is 25.3 Å². The van der Waals surface area contributed by atoms with Gasteiger partial charge in [0, 0.05) is 23.6 Å². The number of para-hydroxylation sites is 1. The van der Waals surface area contributed by atoms with Gasteiger partial charge in [-0.3, -0.25) is 4.79 Å². The van der Waals surface area contributed by atoms with E-state index in [4.69, 9.17) is 0 Å². The minimum absolute atomic E-state index is 0.100. The van der Waals surface area contributed by atoms with E-state index < -0.39 is 0 Å². The summed E-state index contributed by atoms with van der Waals surface area (Å²) in [5, 5.41) is 4.07. The second-order valence-electron chi connectivity index (χ2n) is 4.24. The summed E-state index contributed by atoms with van der Waals surface area (Å²) in [5.74, 6) is 0.100. The molecule has 0 aliphatic heterocycles. The number of rotatable bonds is 5. The largest absolute Gasteiger partial charge is 0.361 e. The minimum Gasteiger partial charge on any atom is -0.361 e. The van der Waals surface area contributed by atoms with Crippen molar-refractivity contribution in [2.75, 3.05) is 6.54 Å². The fourth-order valence-electron chi connectivity index (χ4n) is 1.92. The highest BCUT2D eigenvalue weighted by molar-refractivity contribution is 5.88. The van der Waals surface area contributed by atoms with Crippen LogP contribution in [-0.2, 0) is 11.2 Å². The normalized spacial score (nSPS) is 10.6. The van der Waals surface area contributed by atoms with Crippen LogP contribution in [0.2, 0.25) is 0 Å². The first-order valence-corrected chi connectivity index (χ1v) is 6.13. The molecule has 0 fully saturated rings. The number of benzene rings is 1. The first-order valence-electron chi connectivity index (χ1n) is 6.13. The number of hydrogen-bond donors (Lipinski definition) is 2. The molecule has 0 atom stereocenters. The fraction of sp³-hybridized carbons (Fsp3) is 0.357. The molecule has 0 aliphatic rings. The molecule has 17 heavy (non-hydrogen) atoms. The molecule has 0 aliphatic carbocycles. The Morgan fingerprint density at radius 3 is 3.00 bits per heavy atom. The van der Waals surface area contributed by atoms with Gasteiger partial charge in [-0.1, -0.05) is 31.5 Å². The number of aromatic amines is 1. The summed E-state index contributed by atoms with van der Waals surface area (Å²) in [5.41, 5.74) is 2.15. The number of H-pyrrole nitrogens is 1. The highest BCUT2D eigenvalue weighted by atomic mass is 16.1. The fourth-order valence-corrected chi connectivity index (χ4v) is 1.92. The smallest absolute Gasteiger partial charge is 0.224 e. The maximum Gasteiger partial charge on any atom is 0.224 e. The van der Waals surface area contributed by atoms with Crippen LogP contribution >= 0.6 is 0 Å². The summed E-state index contributed by atoms with van der Waals surface area (Å²) >= 11 is 0. The first-order chi connectivity index (χ1) is 8.31. The number of unbranched alkanes of at least 4 members (excludes halogenated alkanes) is 1. The molecule has 0 spiro atoms. The van der Waals surface area contributed by atoms with Crippen molar-refractivity contribution in [3.63, 3.8) is 0 Å². The van der Waals surface area contributed by atoms with Gasteiger partial charge in [0.2, 0.25) is 5.91 Å². The standard InChI is InChI=1S/C14H18N2O/c1-2-3-8-15-14(17)9-11-10-16-13-7-5-4-6-12(11)13/h4-7,10,16H,2-3,8-9H2,1H3,(H,15,17). The van der Waals surface area contributed by atoms with Gasteiger partial charge in [-0.15, -0.1) is 0 Å². The Labute approximate surface area is 101 Å². The van der Waals surface area contributed by atoms with Gasteiger partial charge in [0.15, 0.2) is 0 Å². The first kappa shape index (κ1) is 11.7. The van der Waals surface area contributed by atoms with Crippen molar-refractivity contribution in [1.82, 2.24) is 10.3 Å². The Morgan fingerprint density at radius 1 is 1.35 bits per heavy atom. The van der Waals surface area contributed by atoms with Crippen LogP contribution in [0.4, 0.5) is 0 Å². The Balaban J connectivity index is 2.01. The molecule has 0 bridgehead atoms. The second kappa shape index (κ2) is 5.53. The SMILES string of the molecule is CCCCNC(=O)Cc1c[nH]c2ccccc12. The van der Waals surface area contributed by atoms with Crippen LogP contribution in [0.15, 0.2) is 30.5 Å². The molecule has 1 amide bonds. The van der Waals surface area contributed by atoms with E-state index in [0.29, 0.717) is 6.42 Å². The van der Waals surface area contributed by atoms with Gasteiger partial charge in [-0.2, -0.15) is 0 Å². The Bertz CT molecular complexity index is 502. The predicted molar refractivity (Wildman–Crippen MR) is 69.9 cm³/mol. The van der Waals surface area contributed by atoms with E-state index in [2.05, 4.69) is 17.2 Å². The van der Waals surface area contributed by atoms with Crippen LogP contribution in [0, 0.1) is 0 Å². The summed E-state index contributed by atoms with van der Waals surface area (Å²) in [7, 11) is 0. The maximum atomic E-state index is 11.7. The highest BCUT2D eigenvalue weighted by Crippen LogP contribution is 2.17. The third-order valence-corrected chi connectivity index (χ3v) is 2.88. The van der Waals surface area contributed by atoms with Crippen molar-refractivity contribution in [3.05, 3.63) is 36.0 Å². The van der Waals surface area contributed by atoms with Crippen LogP contribution in [0.5, 0.6) is 0 Å². The molecule has 2 rings (SSSR count). The summed E-state index contributed by atoms with van der Waals surface area (Å²) in [4.78, 5) is 14.9. The van der Waals surface area contributed by atoms with E-state index in [1.807, 2.05) is 30.5 Å². The third kappa shape index (κ3) is 2.87. The third-order valence-electron chi connectivity index (χ3n) is 2.88. The van der Waals surface area contributed by atoms with E-state index in [1.54, 1.807) is 0 Å². The number of aromatic nitrogens is 1. The zero-order valence-electron chi connectivity index (χ0n) is 10.1. The molecule has 3 nitrogen and oxygen atoms in total. The average Bonchev–Trinajstić information content (AvgIpc) is 2.73. The van der Waals surface area contributed by atoms with Gasteiger partial charge in [0.1, 0.15) is 0 Å². The molecule has 1 aromatic carbocycles. The van der Waals surface area contributed by atoms with Crippen molar-refractivity contribution < 1.29 is 4.79 Å². The van der Waals surface area contributed by atoms with Crippen molar-refractivity contribution in [1.29, 1.82) is 0 Å². The van der Waals surface area contributed by atoms with Gasteiger partial charge in [0.05, 0.1) is 6.42 Å². The Morgan fingerprint density at radius 2 is 2.18 bits per heavy atom. The van der Waals surface area contributed by atoms with Crippen LogP contribution in [0.25, 0.3) is 10.9 Å². The lowest BCUT2D eigenvalue weighted by molar-refractivity contribution is -0.120. The number of carbonyl (C=O) groups excluding carboxylic acids is 1. The number of fused-ring (bicyclic) bond motifs is 1. The van der Waals surface area contributed by atoms with Gasteiger partial charge in [-0.25, -0.2) is 0 Å². The van der Waals surface area contributed by atoms with Crippen LogP contribution in [0.3, 0.4) is 0 Å². The molecule has 0 unspecified atom stereocenters. The van der Waals surface area contributed by atoms with Crippen molar-refractivity contribution >= 4 is 16.8 Å². The average molecular weight is 230 g/mol. The highest BCUT2D eigenvalue weighted by Gasteiger charge is 2.07. The molecule has 1 heterocycles. The zero-order valence-corrected chi connectivity index (χ0v) is 10.1. The van der Waals surface area contributed by atoms with Crippen molar-refractivity contribution in [3.8, 4) is 0 Å². The lowest BCUT2D eigenvalue weighted by Crippen LogP contribution is -2.25. The quantitative estimate of drug-likeness (QED) is 0.762. The maximum absolute atomic E-state index is 11.7. The van der Waals surface area contributed by atoms with E-state index in [0.717, 1.165) is 35.9 Å². The lowest BCUT2D eigenvalue weighted by Gasteiger charge is -2.03. The van der Waals surface area contributed by atoms with Crippen molar-refractivity contribution in [2.24, 2.45) is 0 Å².